The average Bonchev–Trinajstić information content (AvgIpc) is 1.85. The molecule has 0 heterocycles. The lowest BCUT2D eigenvalue weighted by Gasteiger charge is -2.21. The smallest absolute Gasteiger partial charge is 0.350 e. The average molecular weight is 174 g/mol. The van der Waals surface area contributed by atoms with Crippen molar-refractivity contribution in [3.63, 3.8) is 0 Å². The van der Waals surface area contributed by atoms with Crippen LogP contribution in [0.5, 0.6) is 0 Å². The molecule has 0 radical (unpaired) electrons. The van der Waals surface area contributed by atoms with E-state index in [0.717, 1.165) is 0 Å². The molecule has 0 fully saturated rings. The first-order valence-electron chi connectivity index (χ1n) is 3.72. The van der Waals surface area contributed by atoms with Crippen molar-refractivity contribution < 1.29 is 19.1 Å². The Morgan fingerprint density at radius 1 is 1.42 bits per heavy atom. The van der Waals surface area contributed by atoms with Crippen molar-refractivity contribution >= 4 is 12.4 Å². The van der Waals surface area contributed by atoms with Crippen LogP contribution >= 0.6 is 0 Å². The van der Waals surface area contributed by atoms with Crippen LogP contribution in [0.3, 0.4) is 0 Å². The molecule has 0 saturated heterocycles. The zero-order valence-electron chi connectivity index (χ0n) is 7.79. The van der Waals surface area contributed by atoms with E-state index in [-0.39, 0.29) is 12.6 Å². The number of carbonyl (C=O) groups is 2. The Kier molecular flexibility index (Phi) is 3.73. The fraction of sp³-hybridized carbons (Fsp3) is 0.750. The van der Waals surface area contributed by atoms with Crippen molar-refractivity contribution in [1.29, 1.82) is 0 Å². The zero-order valence-corrected chi connectivity index (χ0v) is 7.79. The van der Waals surface area contributed by atoms with Gasteiger partial charge in [0, 0.05) is 0 Å². The molecule has 0 amide bonds. The predicted molar refractivity (Wildman–Crippen MR) is 42.5 cm³/mol. The zero-order chi connectivity index (χ0) is 9.78. The van der Waals surface area contributed by atoms with Crippen LogP contribution in [0.25, 0.3) is 0 Å². The predicted octanol–water partition coefficient (Wildman–Crippen LogP) is 0.890. The van der Waals surface area contributed by atoms with Gasteiger partial charge in [-0.15, -0.1) is 0 Å². The van der Waals surface area contributed by atoms with Crippen LogP contribution in [0.4, 0.5) is 0 Å². The largest absolute Gasteiger partial charge is 0.460 e. The molecule has 0 aliphatic carbocycles. The molecule has 0 aromatic rings. The Morgan fingerprint density at radius 2 is 1.92 bits per heavy atom. The summed E-state index contributed by atoms with van der Waals surface area (Å²) in [7, 11) is 0. The van der Waals surface area contributed by atoms with Crippen molar-refractivity contribution in [3.05, 3.63) is 0 Å². The first-order chi connectivity index (χ1) is 5.40. The van der Waals surface area contributed by atoms with Crippen molar-refractivity contribution in [1.82, 2.24) is 0 Å². The van der Waals surface area contributed by atoms with E-state index >= 15 is 0 Å². The molecule has 0 atom stereocenters. The van der Waals surface area contributed by atoms with Gasteiger partial charge in [0.15, 0.2) is 0 Å². The van der Waals surface area contributed by atoms with E-state index in [2.05, 4.69) is 4.74 Å². The molecule has 0 spiro atoms. The van der Waals surface area contributed by atoms with Gasteiger partial charge in [0.25, 0.3) is 6.47 Å². The first kappa shape index (κ1) is 10.9. The van der Waals surface area contributed by atoms with Gasteiger partial charge in [-0.05, 0) is 27.7 Å². The molecule has 12 heavy (non-hydrogen) atoms. The molecule has 4 nitrogen and oxygen atoms in total. The van der Waals surface area contributed by atoms with Gasteiger partial charge in [-0.25, -0.2) is 4.79 Å². The van der Waals surface area contributed by atoms with E-state index in [1.807, 2.05) is 0 Å². The van der Waals surface area contributed by atoms with E-state index in [1.54, 1.807) is 13.8 Å². The minimum atomic E-state index is -1.19. The normalized spacial score (nSPS) is 11.1. The third-order valence-corrected chi connectivity index (χ3v) is 1.18. The van der Waals surface area contributed by atoms with Crippen LogP contribution in [-0.2, 0) is 19.1 Å². The minimum absolute atomic E-state index is 0.202. The lowest BCUT2D eigenvalue weighted by Crippen LogP contribution is -2.37. The van der Waals surface area contributed by atoms with E-state index in [1.165, 1.54) is 13.8 Å². The molecule has 4 heteroatoms. The van der Waals surface area contributed by atoms with Crippen LogP contribution in [-0.4, -0.2) is 24.1 Å². The molecular formula is C8H14O4. The number of carbonyl (C=O) groups excluding carboxylic acids is 2. The fourth-order valence-electron chi connectivity index (χ4n) is 0.524. The summed E-state index contributed by atoms with van der Waals surface area (Å²) in [4.78, 5) is 21.1. The molecule has 0 aromatic carbocycles. The Bertz CT molecular complexity index is 172. The van der Waals surface area contributed by atoms with E-state index < -0.39 is 11.6 Å². The first-order valence-corrected chi connectivity index (χ1v) is 3.72. The van der Waals surface area contributed by atoms with Crippen LogP contribution in [0.15, 0.2) is 0 Å². The molecule has 0 N–H and O–H groups in total. The molecule has 0 aliphatic rings. The molecule has 70 valence electrons. The number of esters is 1. The summed E-state index contributed by atoms with van der Waals surface area (Å²) in [5.74, 6) is -0.537. The van der Waals surface area contributed by atoms with Crippen LogP contribution < -0.4 is 0 Å². The summed E-state index contributed by atoms with van der Waals surface area (Å²) in [6.45, 7) is 6.66. The molecule has 0 bridgehead atoms. The van der Waals surface area contributed by atoms with Crippen LogP contribution in [0.2, 0.25) is 0 Å². The van der Waals surface area contributed by atoms with Crippen LogP contribution in [0, 0.1) is 0 Å². The second-order valence-electron chi connectivity index (χ2n) is 3.18. The summed E-state index contributed by atoms with van der Waals surface area (Å²) < 4.78 is 9.38. The quantitative estimate of drug-likeness (QED) is 0.469. The Hall–Kier alpha value is -1.06. The molecule has 0 rings (SSSR count). The van der Waals surface area contributed by atoms with Gasteiger partial charge in [0.1, 0.15) is 0 Å². The molecule has 0 saturated carbocycles. The van der Waals surface area contributed by atoms with E-state index in [4.69, 9.17) is 4.74 Å². The van der Waals surface area contributed by atoms with Gasteiger partial charge in [0.2, 0.25) is 5.60 Å². The van der Waals surface area contributed by atoms with Gasteiger partial charge in [-0.2, -0.15) is 0 Å². The number of hydrogen-bond donors (Lipinski definition) is 0. The lowest BCUT2D eigenvalue weighted by atomic mass is 10.1. The summed E-state index contributed by atoms with van der Waals surface area (Å²) in [5.41, 5.74) is -1.19. The topological polar surface area (TPSA) is 52.6 Å². The molecular weight excluding hydrogens is 160 g/mol. The molecule has 0 unspecified atom stereocenters. The maximum atomic E-state index is 11.2. The van der Waals surface area contributed by atoms with Gasteiger partial charge >= 0.3 is 5.97 Å². The molecule has 0 aliphatic heterocycles. The fourth-order valence-corrected chi connectivity index (χ4v) is 0.524. The van der Waals surface area contributed by atoms with Gasteiger partial charge < -0.3 is 9.47 Å². The third-order valence-electron chi connectivity index (χ3n) is 1.18. The summed E-state index contributed by atoms with van der Waals surface area (Å²) in [6, 6.07) is 0. The standard InChI is InChI=1S/C8H14O4/c1-6(2)12-7(10)8(3,4)11-5-9/h5-6H,1-4H3. The van der Waals surface area contributed by atoms with Crippen molar-refractivity contribution in [2.24, 2.45) is 0 Å². The number of rotatable bonds is 4. The Balaban J connectivity index is 4.14. The third kappa shape index (κ3) is 3.37. The number of hydrogen-bond acceptors (Lipinski definition) is 4. The maximum absolute atomic E-state index is 11.2. The second-order valence-corrected chi connectivity index (χ2v) is 3.18. The molecule has 0 aromatic heterocycles. The highest BCUT2D eigenvalue weighted by Gasteiger charge is 2.31. The SMILES string of the molecule is CC(C)OC(=O)C(C)(C)OC=O. The number of ether oxygens (including phenoxy) is 2. The highest BCUT2D eigenvalue weighted by Crippen LogP contribution is 2.11. The highest BCUT2D eigenvalue weighted by molar-refractivity contribution is 5.79. The maximum Gasteiger partial charge on any atom is 0.350 e. The van der Waals surface area contributed by atoms with E-state index in [9.17, 15) is 9.59 Å². The lowest BCUT2D eigenvalue weighted by molar-refractivity contribution is -0.174. The summed E-state index contributed by atoms with van der Waals surface area (Å²) in [6.07, 6.45) is -0.202. The Morgan fingerprint density at radius 3 is 2.25 bits per heavy atom. The van der Waals surface area contributed by atoms with Crippen molar-refractivity contribution in [2.75, 3.05) is 0 Å². The monoisotopic (exact) mass is 174 g/mol. The van der Waals surface area contributed by atoms with Crippen molar-refractivity contribution in [3.8, 4) is 0 Å². The summed E-state index contributed by atoms with van der Waals surface area (Å²) >= 11 is 0. The van der Waals surface area contributed by atoms with E-state index in [0.29, 0.717) is 0 Å². The Labute approximate surface area is 71.8 Å². The van der Waals surface area contributed by atoms with Crippen LogP contribution in [0.1, 0.15) is 27.7 Å². The van der Waals surface area contributed by atoms with Gasteiger partial charge in [-0.1, -0.05) is 0 Å². The van der Waals surface area contributed by atoms with Crippen molar-refractivity contribution in [2.45, 2.75) is 39.4 Å². The minimum Gasteiger partial charge on any atom is -0.460 e. The van der Waals surface area contributed by atoms with Gasteiger partial charge in [0.05, 0.1) is 6.10 Å². The highest BCUT2D eigenvalue weighted by atomic mass is 16.6. The van der Waals surface area contributed by atoms with Gasteiger partial charge in [-0.3, -0.25) is 4.79 Å². The second kappa shape index (κ2) is 4.09. The summed E-state index contributed by atoms with van der Waals surface area (Å²) in [5, 5.41) is 0.